The molecule has 0 unspecified atom stereocenters. The van der Waals surface area contributed by atoms with Crippen LogP contribution in [0.25, 0.3) is 0 Å². The highest BCUT2D eigenvalue weighted by Crippen LogP contribution is 2.14. The van der Waals surface area contributed by atoms with Gasteiger partial charge >= 0.3 is 11.8 Å². The summed E-state index contributed by atoms with van der Waals surface area (Å²) in [6.45, 7) is 0.200. The Morgan fingerprint density at radius 3 is 2.62 bits per heavy atom. The summed E-state index contributed by atoms with van der Waals surface area (Å²) in [6, 6.07) is 6.08. The largest absolute Gasteiger partial charge is 0.469 e. The topological polar surface area (TPSA) is 71.3 Å². The standard InChI is InChI=1S/C14H12F2N2O3/c15-9-3-4-12(11(16)8-9)18-14(20)13(19)17-6-5-10-2-1-7-21-10/h1-4,7-8H,5-6H2,(H,17,19)(H,18,20). The number of hydrogen-bond acceptors (Lipinski definition) is 3. The molecular formula is C14H12F2N2O3. The highest BCUT2D eigenvalue weighted by molar-refractivity contribution is 6.39. The van der Waals surface area contributed by atoms with Crippen molar-refractivity contribution in [1.82, 2.24) is 5.32 Å². The summed E-state index contributed by atoms with van der Waals surface area (Å²) in [5.41, 5.74) is -0.261. The molecule has 2 rings (SSSR count). The normalized spacial score (nSPS) is 10.2. The van der Waals surface area contributed by atoms with Gasteiger partial charge in [-0.15, -0.1) is 0 Å². The van der Waals surface area contributed by atoms with Gasteiger partial charge in [0.25, 0.3) is 0 Å². The first-order valence-electron chi connectivity index (χ1n) is 6.13. The van der Waals surface area contributed by atoms with Crippen molar-refractivity contribution < 1.29 is 22.8 Å². The van der Waals surface area contributed by atoms with Crippen LogP contribution in [0, 0.1) is 11.6 Å². The van der Waals surface area contributed by atoms with Gasteiger partial charge in [0.2, 0.25) is 0 Å². The Balaban J connectivity index is 1.83. The lowest BCUT2D eigenvalue weighted by molar-refractivity contribution is -0.136. The van der Waals surface area contributed by atoms with Crippen molar-refractivity contribution in [3.05, 3.63) is 54.0 Å². The van der Waals surface area contributed by atoms with Gasteiger partial charge in [-0.25, -0.2) is 8.78 Å². The molecular weight excluding hydrogens is 282 g/mol. The van der Waals surface area contributed by atoms with E-state index in [4.69, 9.17) is 4.42 Å². The molecule has 0 bridgehead atoms. The lowest BCUT2D eigenvalue weighted by Crippen LogP contribution is -2.36. The van der Waals surface area contributed by atoms with Gasteiger partial charge in [0.15, 0.2) is 0 Å². The van der Waals surface area contributed by atoms with E-state index < -0.39 is 23.4 Å². The fourth-order valence-corrected chi connectivity index (χ4v) is 1.60. The summed E-state index contributed by atoms with van der Waals surface area (Å²) in [6.07, 6.45) is 1.93. The zero-order valence-electron chi connectivity index (χ0n) is 10.9. The van der Waals surface area contributed by atoms with Gasteiger partial charge in [0, 0.05) is 19.0 Å². The van der Waals surface area contributed by atoms with E-state index in [-0.39, 0.29) is 12.2 Å². The molecule has 2 amide bonds. The third-order valence-electron chi connectivity index (χ3n) is 2.62. The van der Waals surface area contributed by atoms with E-state index >= 15 is 0 Å². The molecule has 0 aliphatic rings. The van der Waals surface area contributed by atoms with Crippen LogP contribution in [0.5, 0.6) is 0 Å². The third kappa shape index (κ3) is 4.13. The Labute approximate surface area is 118 Å². The predicted octanol–water partition coefficient (Wildman–Crippen LogP) is 1.86. The minimum Gasteiger partial charge on any atom is -0.469 e. The maximum atomic E-state index is 13.3. The summed E-state index contributed by atoms with van der Waals surface area (Å²) in [5, 5.41) is 4.43. The molecule has 110 valence electrons. The van der Waals surface area contributed by atoms with Crippen LogP contribution in [0.2, 0.25) is 0 Å². The SMILES string of the molecule is O=C(NCCc1ccco1)C(=O)Nc1ccc(F)cc1F. The van der Waals surface area contributed by atoms with Crippen molar-refractivity contribution in [3.8, 4) is 0 Å². The second-order valence-electron chi connectivity index (χ2n) is 4.16. The summed E-state index contributed by atoms with van der Waals surface area (Å²) in [4.78, 5) is 23.0. The van der Waals surface area contributed by atoms with Gasteiger partial charge < -0.3 is 15.1 Å². The Morgan fingerprint density at radius 2 is 1.95 bits per heavy atom. The molecule has 0 aliphatic carbocycles. The van der Waals surface area contributed by atoms with Crippen molar-refractivity contribution >= 4 is 17.5 Å². The molecule has 2 N–H and O–H groups in total. The number of rotatable bonds is 4. The first-order valence-corrected chi connectivity index (χ1v) is 6.13. The molecule has 0 aliphatic heterocycles. The monoisotopic (exact) mass is 294 g/mol. The van der Waals surface area contributed by atoms with Gasteiger partial charge in [-0.3, -0.25) is 9.59 Å². The highest BCUT2D eigenvalue weighted by Gasteiger charge is 2.15. The van der Waals surface area contributed by atoms with E-state index in [2.05, 4.69) is 10.6 Å². The van der Waals surface area contributed by atoms with Gasteiger partial charge in [-0.1, -0.05) is 0 Å². The molecule has 0 atom stereocenters. The van der Waals surface area contributed by atoms with Crippen molar-refractivity contribution in [2.75, 3.05) is 11.9 Å². The van der Waals surface area contributed by atoms with E-state index in [0.717, 1.165) is 12.1 Å². The van der Waals surface area contributed by atoms with Crippen LogP contribution in [0.15, 0.2) is 41.0 Å². The lowest BCUT2D eigenvalue weighted by atomic mass is 10.3. The Morgan fingerprint density at radius 1 is 1.14 bits per heavy atom. The number of benzene rings is 1. The zero-order valence-corrected chi connectivity index (χ0v) is 10.9. The predicted molar refractivity (Wildman–Crippen MR) is 70.4 cm³/mol. The quantitative estimate of drug-likeness (QED) is 0.845. The molecule has 1 heterocycles. The number of amides is 2. The van der Waals surface area contributed by atoms with Gasteiger partial charge in [-0.05, 0) is 24.3 Å². The average molecular weight is 294 g/mol. The Hall–Kier alpha value is -2.70. The highest BCUT2D eigenvalue weighted by atomic mass is 19.1. The van der Waals surface area contributed by atoms with Crippen molar-refractivity contribution in [3.63, 3.8) is 0 Å². The van der Waals surface area contributed by atoms with Crippen LogP contribution >= 0.6 is 0 Å². The van der Waals surface area contributed by atoms with Crippen molar-refractivity contribution in [2.45, 2.75) is 6.42 Å². The van der Waals surface area contributed by atoms with E-state index in [1.807, 2.05) is 0 Å². The first-order chi connectivity index (χ1) is 10.1. The molecule has 0 saturated carbocycles. The Bertz CT molecular complexity index is 642. The van der Waals surface area contributed by atoms with Crippen LogP contribution in [-0.2, 0) is 16.0 Å². The number of furan rings is 1. The molecule has 0 radical (unpaired) electrons. The number of carbonyl (C=O) groups is 2. The molecule has 2 aromatic rings. The second-order valence-corrected chi connectivity index (χ2v) is 4.16. The zero-order chi connectivity index (χ0) is 15.2. The number of carbonyl (C=O) groups excluding carboxylic acids is 2. The smallest absolute Gasteiger partial charge is 0.313 e. The van der Waals surface area contributed by atoms with E-state index in [1.165, 1.54) is 6.26 Å². The Kier molecular flexibility index (Phi) is 4.65. The van der Waals surface area contributed by atoms with E-state index in [1.54, 1.807) is 12.1 Å². The molecule has 5 nitrogen and oxygen atoms in total. The van der Waals surface area contributed by atoms with Crippen LogP contribution in [0.1, 0.15) is 5.76 Å². The fraction of sp³-hybridized carbons (Fsp3) is 0.143. The summed E-state index contributed by atoms with van der Waals surface area (Å²) in [5.74, 6) is -2.99. The maximum absolute atomic E-state index is 13.3. The summed E-state index contributed by atoms with van der Waals surface area (Å²) >= 11 is 0. The molecule has 21 heavy (non-hydrogen) atoms. The number of anilines is 1. The molecule has 0 spiro atoms. The van der Waals surface area contributed by atoms with Crippen molar-refractivity contribution in [2.24, 2.45) is 0 Å². The van der Waals surface area contributed by atoms with Crippen molar-refractivity contribution in [1.29, 1.82) is 0 Å². The van der Waals surface area contributed by atoms with E-state index in [0.29, 0.717) is 18.2 Å². The molecule has 0 saturated heterocycles. The maximum Gasteiger partial charge on any atom is 0.313 e. The van der Waals surface area contributed by atoms with E-state index in [9.17, 15) is 18.4 Å². The number of nitrogens with one attached hydrogen (secondary N) is 2. The van der Waals surface area contributed by atoms with Gasteiger partial charge in [-0.2, -0.15) is 0 Å². The number of hydrogen-bond donors (Lipinski definition) is 2. The second kappa shape index (κ2) is 6.65. The average Bonchev–Trinajstić information content (AvgIpc) is 2.95. The first kappa shape index (κ1) is 14.7. The third-order valence-corrected chi connectivity index (χ3v) is 2.62. The number of halogens is 2. The fourth-order valence-electron chi connectivity index (χ4n) is 1.60. The lowest BCUT2D eigenvalue weighted by Gasteiger charge is -2.06. The molecule has 7 heteroatoms. The molecule has 1 aromatic heterocycles. The minimum atomic E-state index is -1.03. The molecule has 1 aromatic carbocycles. The summed E-state index contributed by atoms with van der Waals surface area (Å²) < 4.78 is 31.1. The van der Waals surface area contributed by atoms with Crippen LogP contribution < -0.4 is 10.6 Å². The molecule has 0 fully saturated rings. The van der Waals surface area contributed by atoms with Crippen LogP contribution in [0.4, 0.5) is 14.5 Å². The van der Waals surface area contributed by atoms with Gasteiger partial charge in [0.05, 0.1) is 12.0 Å². The van der Waals surface area contributed by atoms with Gasteiger partial charge in [0.1, 0.15) is 17.4 Å². The minimum absolute atomic E-state index is 0.200. The van der Waals surface area contributed by atoms with Crippen LogP contribution in [-0.4, -0.2) is 18.4 Å². The van der Waals surface area contributed by atoms with Crippen LogP contribution in [0.3, 0.4) is 0 Å². The summed E-state index contributed by atoms with van der Waals surface area (Å²) in [7, 11) is 0.